The van der Waals surface area contributed by atoms with Crippen molar-refractivity contribution in [2.45, 2.75) is 38.0 Å². The molecule has 0 spiro atoms. The van der Waals surface area contributed by atoms with E-state index in [1.54, 1.807) is 24.4 Å². The lowest BCUT2D eigenvalue weighted by Crippen LogP contribution is -2.47. The number of rotatable bonds is 2. The minimum absolute atomic E-state index is 0.0230. The van der Waals surface area contributed by atoms with Crippen molar-refractivity contribution >= 4 is 11.7 Å². The first kappa shape index (κ1) is 16.2. The Morgan fingerprint density at radius 3 is 2.62 bits per heavy atom. The molecule has 1 fully saturated rings. The molecule has 2 unspecified atom stereocenters. The predicted octanol–water partition coefficient (Wildman–Crippen LogP) is 2.41. The van der Waals surface area contributed by atoms with E-state index in [0.717, 1.165) is 6.42 Å². The average molecular weight is 344 g/mol. The summed E-state index contributed by atoms with van der Waals surface area (Å²) in [6, 6.07) is 9.18. The topological polar surface area (TPSA) is 115 Å². The normalized spacial score (nSPS) is 24.4. The molecule has 2 atom stereocenters. The number of aromatic nitrogens is 3. The molecule has 2 aliphatic rings. The molecule has 0 aliphatic heterocycles. The maximum atomic E-state index is 13.4. The SMILES string of the molecule is CC1(C)C2CCC1(C(=O)Nc1ccccn1)c1nc(C#N)c(C#N)nc12. The number of anilines is 1. The Hall–Kier alpha value is -3.32. The van der Waals surface area contributed by atoms with Crippen molar-refractivity contribution in [1.82, 2.24) is 15.0 Å². The zero-order valence-corrected chi connectivity index (χ0v) is 14.4. The molecule has 1 saturated carbocycles. The summed E-state index contributed by atoms with van der Waals surface area (Å²) in [7, 11) is 0. The molecule has 7 nitrogen and oxygen atoms in total. The fourth-order valence-corrected chi connectivity index (χ4v) is 4.58. The lowest BCUT2D eigenvalue weighted by molar-refractivity contribution is -0.124. The van der Waals surface area contributed by atoms with Crippen LogP contribution in [0.25, 0.3) is 0 Å². The van der Waals surface area contributed by atoms with Gasteiger partial charge < -0.3 is 5.32 Å². The van der Waals surface area contributed by atoms with Gasteiger partial charge in [-0.15, -0.1) is 0 Å². The molecule has 2 bridgehead atoms. The zero-order chi connectivity index (χ0) is 18.5. The van der Waals surface area contributed by atoms with Gasteiger partial charge in [0.25, 0.3) is 0 Å². The fourth-order valence-electron chi connectivity index (χ4n) is 4.58. The molecular weight excluding hydrogens is 328 g/mol. The first-order chi connectivity index (χ1) is 12.5. The van der Waals surface area contributed by atoms with Gasteiger partial charge in [0.15, 0.2) is 11.4 Å². The summed E-state index contributed by atoms with van der Waals surface area (Å²) in [6.07, 6.45) is 3.04. The number of pyridine rings is 1. The Balaban J connectivity index is 1.88. The highest BCUT2D eigenvalue weighted by atomic mass is 16.2. The van der Waals surface area contributed by atoms with Crippen LogP contribution in [0.3, 0.4) is 0 Å². The number of carbonyl (C=O) groups excluding carboxylic acids is 1. The molecule has 128 valence electrons. The van der Waals surface area contributed by atoms with Crippen LogP contribution in [0.2, 0.25) is 0 Å². The van der Waals surface area contributed by atoms with Crippen LogP contribution in [-0.2, 0) is 10.2 Å². The van der Waals surface area contributed by atoms with Crippen LogP contribution in [0.15, 0.2) is 24.4 Å². The Morgan fingerprint density at radius 2 is 1.96 bits per heavy atom. The molecule has 2 aromatic heterocycles. The second kappa shape index (κ2) is 5.34. The molecule has 26 heavy (non-hydrogen) atoms. The number of nitrogens with one attached hydrogen (secondary N) is 1. The first-order valence-corrected chi connectivity index (χ1v) is 8.41. The quantitative estimate of drug-likeness (QED) is 0.894. The summed E-state index contributed by atoms with van der Waals surface area (Å²) in [6.45, 7) is 4.06. The van der Waals surface area contributed by atoms with Gasteiger partial charge in [0, 0.05) is 12.1 Å². The highest BCUT2D eigenvalue weighted by molar-refractivity contribution is 6.00. The first-order valence-electron chi connectivity index (χ1n) is 8.41. The van der Waals surface area contributed by atoms with Crippen molar-refractivity contribution in [2.75, 3.05) is 5.32 Å². The number of nitriles is 2. The van der Waals surface area contributed by atoms with E-state index in [0.29, 0.717) is 23.6 Å². The maximum Gasteiger partial charge on any atom is 0.238 e. The van der Waals surface area contributed by atoms with E-state index in [2.05, 4.69) is 20.3 Å². The van der Waals surface area contributed by atoms with Crippen molar-refractivity contribution < 1.29 is 4.79 Å². The molecule has 2 heterocycles. The number of hydrogen-bond donors (Lipinski definition) is 1. The molecule has 4 rings (SSSR count). The van der Waals surface area contributed by atoms with Crippen LogP contribution >= 0.6 is 0 Å². The van der Waals surface area contributed by atoms with Gasteiger partial charge in [-0.2, -0.15) is 10.5 Å². The Bertz CT molecular complexity index is 1000. The maximum absolute atomic E-state index is 13.4. The number of amides is 1. The van der Waals surface area contributed by atoms with Crippen molar-refractivity contribution in [2.24, 2.45) is 5.41 Å². The fraction of sp³-hybridized carbons (Fsp3) is 0.368. The standard InChI is InChI=1S/C19H16N6O/c1-18(2)11-6-7-19(18,17(26)25-14-5-3-4-8-22-14)16-15(11)23-12(9-20)13(10-21)24-16/h3-5,8,11H,6-7H2,1-2H3,(H,22,25,26). The summed E-state index contributed by atoms with van der Waals surface area (Å²) in [5.74, 6) is 0.311. The van der Waals surface area contributed by atoms with Gasteiger partial charge >= 0.3 is 0 Å². The highest BCUT2D eigenvalue weighted by Gasteiger charge is 2.68. The molecule has 0 saturated heterocycles. The van der Waals surface area contributed by atoms with Crippen molar-refractivity contribution in [3.05, 3.63) is 47.2 Å². The van der Waals surface area contributed by atoms with Gasteiger partial charge in [-0.1, -0.05) is 19.9 Å². The van der Waals surface area contributed by atoms with Gasteiger partial charge in [-0.3, -0.25) is 4.79 Å². The van der Waals surface area contributed by atoms with Crippen LogP contribution in [0, 0.1) is 28.1 Å². The third-order valence-electron chi connectivity index (χ3n) is 5.94. The van der Waals surface area contributed by atoms with E-state index in [1.165, 1.54) is 0 Å². The second-order valence-electron chi connectivity index (χ2n) is 7.27. The number of nitrogens with zero attached hydrogens (tertiary/aromatic N) is 5. The second-order valence-corrected chi connectivity index (χ2v) is 7.27. The summed E-state index contributed by atoms with van der Waals surface area (Å²) in [5, 5.41) is 21.5. The van der Waals surface area contributed by atoms with E-state index in [-0.39, 0.29) is 23.2 Å². The zero-order valence-electron chi connectivity index (χ0n) is 14.4. The largest absolute Gasteiger partial charge is 0.310 e. The third-order valence-corrected chi connectivity index (χ3v) is 5.94. The number of fused-ring (bicyclic) bond motifs is 5. The Morgan fingerprint density at radius 1 is 1.23 bits per heavy atom. The predicted molar refractivity (Wildman–Crippen MR) is 91.8 cm³/mol. The number of hydrogen-bond acceptors (Lipinski definition) is 6. The summed E-state index contributed by atoms with van der Waals surface area (Å²) in [5.41, 5.74) is -0.114. The van der Waals surface area contributed by atoms with Crippen molar-refractivity contribution in [3.63, 3.8) is 0 Å². The molecule has 7 heteroatoms. The lowest BCUT2D eigenvalue weighted by Gasteiger charge is -2.36. The van der Waals surface area contributed by atoms with Crippen molar-refractivity contribution in [1.29, 1.82) is 10.5 Å². The van der Waals surface area contributed by atoms with Gasteiger partial charge in [-0.05, 0) is 30.4 Å². The lowest BCUT2D eigenvalue weighted by atomic mass is 9.67. The number of carbonyl (C=O) groups is 1. The minimum Gasteiger partial charge on any atom is -0.310 e. The third kappa shape index (κ3) is 1.86. The van der Waals surface area contributed by atoms with Crippen LogP contribution in [0.5, 0.6) is 0 Å². The van der Waals surface area contributed by atoms with Gasteiger partial charge in [0.2, 0.25) is 5.91 Å². The summed E-state index contributed by atoms with van der Waals surface area (Å²) >= 11 is 0. The summed E-state index contributed by atoms with van der Waals surface area (Å²) < 4.78 is 0. The van der Waals surface area contributed by atoms with Crippen LogP contribution in [0.1, 0.15) is 55.4 Å². The Kier molecular flexibility index (Phi) is 3.32. The van der Waals surface area contributed by atoms with E-state index < -0.39 is 10.8 Å². The van der Waals surface area contributed by atoms with Gasteiger partial charge in [0.1, 0.15) is 18.0 Å². The van der Waals surface area contributed by atoms with E-state index in [4.69, 9.17) is 0 Å². The average Bonchev–Trinajstić information content (AvgIpc) is 3.03. The summed E-state index contributed by atoms with van der Waals surface area (Å²) in [4.78, 5) is 26.4. The van der Waals surface area contributed by atoms with Crippen molar-refractivity contribution in [3.8, 4) is 12.1 Å². The monoisotopic (exact) mass is 344 g/mol. The smallest absolute Gasteiger partial charge is 0.238 e. The minimum atomic E-state index is -0.892. The van der Waals surface area contributed by atoms with E-state index in [1.807, 2.05) is 26.0 Å². The molecule has 1 amide bonds. The molecule has 1 N–H and O–H groups in total. The van der Waals surface area contributed by atoms with Crippen LogP contribution in [-0.4, -0.2) is 20.9 Å². The van der Waals surface area contributed by atoms with Crippen LogP contribution in [0.4, 0.5) is 5.82 Å². The van der Waals surface area contributed by atoms with E-state index in [9.17, 15) is 15.3 Å². The van der Waals surface area contributed by atoms with Crippen LogP contribution < -0.4 is 5.32 Å². The molecule has 0 aromatic carbocycles. The van der Waals surface area contributed by atoms with Gasteiger partial charge in [-0.25, -0.2) is 15.0 Å². The Labute approximate surface area is 150 Å². The van der Waals surface area contributed by atoms with Gasteiger partial charge in [0.05, 0.1) is 16.8 Å². The van der Waals surface area contributed by atoms with E-state index >= 15 is 0 Å². The molecular formula is C19H16N6O. The molecule has 2 aromatic rings. The molecule has 2 aliphatic carbocycles. The highest BCUT2D eigenvalue weighted by Crippen LogP contribution is 2.67. The molecule has 0 radical (unpaired) electrons.